The second-order valence-electron chi connectivity index (χ2n) is 14.2. The Morgan fingerprint density at radius 2 is 1.16 bits per heavy atom. The van der Waals surface area contributed by atoms with Gasteiger partial charge in [0.2, 0.25) is 0 Å². The standard InChI is InChI=1S/C46H52N2O3/c1-2-3-4-5-6-7-11-25-47-41-28-40(30-44(50)31-41)38-16-12-15-37(26-38)36-19-23-46(24-20-36)51-45-21-17-34(18-22-45)33-48-42-27-39(29-43(49)32-42)35-13-9-8-10-14-35/h8-10,12-24,26,31-32,39-40,47-48H,2-7,11,25,27-30,33H2,1H3. The molecule has 0 radical (unpaired) electrons. The highest BCUT2D eigenvalue weighted by Gasteiger charge is 2.23. The molecule has 264 valence electrons. The van der Waals surface area contributed by atoms with Gasteiger partial charge in [0.05, 0.1) is 0 Å². The van der Waals surface area contributed by atoms with Gasteiger partial charge in [0.1, 0.15) is 11.5 Å². The van der Waals surface area contributed by atoms with Crippen molar-refractivity contribution >= 4 is 11.6 Å². The largest absolute Gasteiger partial charge is 0.457 e. The SMILES string of the molecule is CCCCCCCCCNC1=CC(=O)CC(c2cccc(-c3ccc(Oc4ccc(CNC5=CC(=O)CC(c6ccccc6)C5)cc4)cc3)c2)C1. The van der Waals surface area contributed by atoms with E-state index in [-0.39, 0.29) is 23.4 Å². The summed E-state index contributed by atoms with van der Waals surface area (Å²) < 4.78 is 6.18. The highest BCUT2D eigenvalue weighted by molar-refractivity contribution is 5.92. The highest BCUT2D eigenvalue weighted by atomic mass is 16.5. The van der Waals surface area contributed by atoms with Crippen LogP contribution < -0.4 is 15.4 Å². The maximum Gasteiger partial charge on any atom is 0.158 e. The van der Waals surface area contributed by atoms with Crippen LogP contribution in [-0.2, 0) is 16.1 Å². The van der Waals surface area contributed by atoms with E-state index in [1.807, 2.05) is 48.5 Å². The summed E-state index contributed by atoms with van der Waals surface area (Å²) in [5.41, 5.74) is 7.87. The Labute approximate surface area is 304 Å². The first-order valence-corrected chi connectivity index (χ1v) is 19.0. The van der Waals surface area contributed by atoms with Gasteiger partial charge in [-0.1, -0.05) is 124 Å². The van der Waals surface area contributed by atoms with Gasteiger partial charge in [0, 0.05) is 49.5 Å². The highest BCUT2D eigenvalue weighted by Crippen LogP contribution is 2.34. The molecule has 2 atom stereocenters. The number of hydrogen-bond donors (Lipinski definition) is 2. The molecule has 0 saturated carbocycles. The van der Waals surface area contributed by atoms with Crippen molar-refractivity contribution in [1.29, 1.82) is 0 Å². The number of benzene rings is 4. The molecule has 0 bridgehead atoms. The molecular formula is C46H52N2O3. The van der Waals surface area contributed by atoms with Crippen molar-refractivity contribution in [3.05, 3.63) is 143 Å². The first-order valence-electron chi connectivity index (χ1n) is 19.0. The first kappa shape index (κ1) is 35.9. The van der Waals surface area contributed by atoms with Crippen LogP contribution in [0.1, 0.15) is 106 Å². The molecule has 2 aliphatic carbocycles. The Bertz CT molecular complexity index is 1790. The molecule has 0 amide bonds. The third-order valence-corrected chi connectivity index (χ3v) is 10.1. The fourth-order valence-corrected chi connectivity index (χ4v) is 7.27. The Balaban J connectivity index is 0.979. The van der Waals surface area contributed by atoms with Crippen molar-refractivity contribution in [3.63, 3.8) is 0 Å². The molecule has 5 heteroatoms. The number of ether oxygens (including phenoxy) is 1. The van der Waals surface area contributed by atoms with E-state index in [1.165, 1.54) is 49.7 Å². The van der Waals surface area contributed by atoms with Crippen LogP contribution in [-0.4, -0.2) is 18.1 Å². The Morgan fingerprint density at radius 1 is 0.569 bits per heavy atom. The Kier molecular flexibility index (Phi) is 12.9. The van der Waals surface area contributed by atoms with Gasteiger partial charge in [0.15, 0.2) is 11.6 Å². The third-order valence-electron chi connectivity index (χ3n) is 10.1. The first-order chi connectivity index (χ1) is 25.0. The smallest absolute Gasteiger partial charge is 0.158 e. The van der Waals surface area contributed by atoms with Crippen molar-refractivity contribution in [2.75, 3.05) is 6.54 Å². The molecule has 2 aliphatic rings. The summed E-state index contributed by atoms with van der Waals surface area (Å²) in [6.45, 7) is 3.84. The number of hydrogen-bond acceptors (Lipinski definition) is 5. The maximum absolute atomic E-state index is 12.7. The molecule has 0 fully saturated rings. The molecule has 4 aromatic carbocycles. The third kappa shape index (κ3) is 10.8. The lowest BCUT2D eigenvalue weighted by Gasteiger charge is -2.24. The van der Waals surface area contributed by atoms with E-state index in [9.17, 15) is 9.59 Å². The Hall–Kier alpha value is -4.90. The summed E-state index contributed by atoms with van der Waals surface area (Å²) in [6, 6.07) is 35.2. The van der Waals surface area contributed by atoms with Crippen molar-refractivity contribution in [1.82, 2.24) is 10.6 Å². The quantitative estimate of drug-likeness (QED) is 0.109. The van der Waals surface area contributed by atoms with Gasteiger partial charge < -0.3 is 15.4 Å². The monoisotopic (exact) mass is 680 g/mol. The van der Waals surface area contributed by atoms with E-state index in [1.54, 1.807) is 6.08 Å². The lowest BCUT2D eigenvalue weighted by Crippen LogP contribution is -2.23. The van der Waals surface area contributed by atoms with Crippen LogP contribution in [0.5, 0.6) is 11.5 Å². The summed E-state index contributed by atoms with van der Waals surface area (Å²) in [4.78, 5) is 25.1. The second-order valence-corrected chi connectivity index (χ2v) is 14.2. The second kappa shape index (κ2) is 18.4. The number of ketones is 2. The number of unbranched alkanes of at least 4 members (excludes halogenated alkanes) is 6. The minimum Gasteiger partial charge on any atom is -0.457 e. The fraction of sp³-hybridized carbons (Fsp3) is 0.348. The van der Waals surface area contributed by atoms with Crippen molar-refractivity contribution in [2.45, 2.75) is 95.9 Å². The zero-order valence-corrected chi connectivity index (χ0v) is 30.0. The summed E-state index contributed by atoms with van der Waals surface area (Å²) in [6.07, 6.45) is 15.4. The molecule has 6 rings (SSSR count). The molecule has 0 aromatic heterocycles. The van der Waals surface area contributed by atoms with Gasteiger partial charge in [-0.3, -0.25) is 9.59 Å². The average molecular weight is 681 g/mol. The zero-order valence-electron chi connectivity index (χ0n) is 30.0. The molecule has 0 spiro atoms. The molecular weight excluding hydrogens is 629 g/mol. The summed E-state index contributed by atoms with van der Waals surface area (Å²) in [5.74, 6) is 2.34. The van der Waals surface area contributed by atoms with Crippen LogP contribution in [0.25, 0.3) is 11.1 Å². The van der Waals surface area contributed by atoms with Gasteiger partial charge in [-0.05, 0) is 83.2 Å². The van der Waals surface area contributed by atoms with Crippen LogP contribution >= 0.6 is 0 Å². The normalized spacial score (nSPS) is 17.4. The van der Waals surface area contributed by atoms with Crippen LogP contribution in [0.4, 0.5) is 0 Å². The molecule has 0 heterocycles. The van der Waals surface area contributed by atoms with Gasteiger partial charge in [-0.2, -0.15) is 0 Å². The molecule has 0 saturated heterocycles. The van der Waals surface area contributed by atoms with E-state index < -0.39 is 0 Å². The molecule has 0 aliphatic heterocycles. The predicted octanol–water partition coefficient (Wildman–Crippen LogP) is 10.9. The number of allylic oxidation sites excluding steroid dienone is 4. The molecule has 2 N–H and O–H groups in total. The van der Waals surface area contributed by atoms with Crippen LogP contribution in [0, 0.1) is 0 Å². The number of nitrogens with one attached hydrogen (secondary N) is 2. The van der Waals surface area contributed by atoms with Crippen molar-refractivity contribution < 1.29 is 14.3 Å². The zero-order chi connectivity index (χ0) is 35.3. The van der Waals surface area contributed by atoms with E-state index in [4.69, 9.17) is 4.74 Å². The van der Waals surface area contributed by atoms with Gasteiger partial charge in [-0.25, -0.2) is 0 Å². The van der Waals surface area contributed by atoms with E-state index >= 15 is 0 Å². The topological polar surface area (TPSA) is 67.4 Å². The lowest BCUT2D eigenvalue weighted by molar-refractivity contribution is -0.116. The van der Waals surface area contributed by atoms with E-state index in [0.29, 0.717) is 19.4 Å². The minimum absolute atomic E-state index is 0.175. The van der Waals surface area contributed by atoms with Crippen molar-refractivity contribution in [3.8, 4) is 22.6 Å². The number of carbonyl (C=O) groups excluding carboxylic acids is 2. The summed E-state index contributed by atoms with van der Waals surface area (Å²) >= 11 is 0. The Morgan fingerprint density at radius 3 is 1.84 bits per heavy atom. The summed E-state index contributed by atoms with van der Waals surface area (Å²) in [5, 5.41) is 7.05. The molecule has 51 heavy (non-hydrogen) atoms. The van der Waals surface area contributed by atoms with E-state index in [0.717, 1.165) is 65.4 Å². The number of carbonyl (C=O) groups is 2. The number of rotatable bonds is 17. The minimum atomic E-state index is 0.175. The van der Waals surface area contributed by atoms with Gasteiger partial charge >= 0.3 is 0 Å². The lowest BCUT2D eigenvalue weighted by atomic mass is 9.84. The molecule has 2 unspecified atom stereocenters. The molecule has 5 nitrogen and oxygen atoms in total. The van der Waals surface area contributed by atoms with Crippen LogP contribution in [0.2, 0.25) is 0 Å². The molecule has 4 aromatic rings. The van der Waals surface area contributed by atoms with Crippen LogP contribution in [0.3, 0.4) is 0 Å². The average Bonchev–Trinajstić information content (AvgIpc) is 3.16. The van der Waals surface area contributed by atoms with Crippen LogP contribution in [0.15, 0.2) is 127 Å². The van der Waals surface area contributed by atoms with Gasteiger partial charge in [0.25, 0.3) is 0 Å². The van der Waals surface area contributed by atoms with E-state index in [2.05, 4.69) is 78.2 Å². The maximum atomic E-state index is 12.7. The van der Waals surface area contributed by atoms with Crippen molar-refractivity contribution in [2.24, 2.45) is 0 Å². The summed E-state index contributed by atoms with van der Waals surface area (Å²) in [7, 11) is 0. The fourth-order valence-electron chi connectivity index (χ4n) is 7.27. The predicted molar refractivity (Wildman–Crippen MR) is 208 cm³/mol. The van der Waals surface area contributed by atoms with Gasteiger partial charge in [-0.15, -0.1) is 0 Å².